The van der Waals surface area contributed by atoms with Crippen LogP contribution in [0.25, 0.3) is 22.2 Å². The van der Waals surface area contributed by atoms with Gasteiger partial charge in [-0.15, -0.1) is 0 Å². The predicted octanol–water partition coefficient (Wildman–Crippen LogP) is 3.48. The first-order chi connectivity index (χ1) is 10.4. The Labute approximate surface area is 123 Å². The quantitative estimate of drug-likeness (QED) is 0.721. The van der Waals surface area contributed by atoms with Crippen LogP contribution in [0.2, 0.25) is 0 Å². The molecule has 0 spiro atoms. The molecule has 0 amide bonds. The van der Waals surface area contributed by atoms with Gasteiger partial charge in [0.25, 0.3) is 0 Å². The summed E-state index contributed by atoms with van der Waals surface area (Å²) < 4.78 is 38.6. The Hall–Kier alpha value is -2.83. The summed E-state index contributed by atoms with van der Waals surface area (Å²) in [5.41, 5.74) is 12.3. The molecule has 0 saturated carbocycles. The fourth-order valence-electron chi connectivity index (χ4n) is 2.20. The molecule has 0 bridgehead atoms. The maximum Gasteiger partial charge on any atom is 0.416 e. The minimum atomic E-state index is -4.41. The first kappa shape index (κ1) is 14.1. The fourth-order valence-corrected chi connectivity index (χ4v) is 2.20. The second-order valence-corrected chi connectivity index (χ2v) is 4.75. The monoisotopic (exact) mass is 304 g/mol. The molecule has 0 aliphatic heterocycles. The lowest BCUT2D eigenvalue weighted by Crippen LogP contribution is -2.05. The van der Waals surface area contributed by atoms with E-state index in [1.54, 1.807) is 24.3 Å². The molecule has 22 heavy (non-hydrogen) atoms. The van der Waals surface area contributed by atoms with Crippen molar-refractivity contribution in [2.24, 2.45) is 0 Å². The van der Waals surface area contributed by atoms with Crippen molar-refractivity contribution >= 4 is 22.7 Å². The van der Waals surface area contributed by atoms with Crippen LogP contribution in [0.4, 0.5) is 24.8 Å². The third-order valence-electron chi connectivity index (χ3n) is 3.25. The van der Waals surface area contributed by atoms with Crippen molar-refractivity contribution in [3.8, 4) is 11.1 Å². The highest BCUT2D eigenvalue weighted by molar-refractivity contribution is 5.93. The zero-order valence-corrected chi connectivity index (χ0v) is 11.2. The molecule has 0 atom stereocenters. The van der Waals surface area contributed by atoms with Gasteiger partial charge in [0.05, 0.1) is 16.6 Å². The number of hydrogen-bond acceptors (Lipinski definition) is 4. The third-order valence-corrected chi connectivity index (χ3v) is 3.25. The van der Waals surface area contributed by atoms with Crippen molar-refractivity contribution in [2.75, 3.05) is 11.5 Å². The number of hydrogen-bond donors (Lipinski definition) is 2. The molecular formula is C15H11F3N4. The maximum absolute atomic E-state index is 12.9. The molecule has 112 valence electrons. The molecule has 2 aromatic carbocycles. The Morgan fingerprint density at radius 2 is 1.55 bits per heavy atom. The number of rotatable bonds is 1. The Bertz CT molecular complexity index is 859. The van der Waals surface area contributed by atoms with Gasteiger partial charge in [-0.2, -0.15) is 13.2 Å². The smallest absolute Gasteiger partial charge is 0.381 e. The molecule has 7 heteroatoms. The summed E-state index contributed by atoms with van der Waals surface area (Å²) in [5, 5.41) is 0. The van der Waals surface area contributed by atoms with E-state index in [1.165, 1.54) is 6.07 Å². The summed E-state index contributed by atoms with van der Waals surface area (Å²) in [7, 11) is 0. The van der Waals surface area contributed by atoms with Crippen molar-refractivity contribution in [2.45, 2.75) is 6.18 Å². The summed E-state index contributed by atoms with van der Waals surface area (Å²) in [5.74, 6) is 0.139. The van der Waals surface area contributed by atoms with Crippen LogP contribution in [0.15, 0.2) is 42.5 Å². The molecule has 0 aliphatic carbocycles. The van der Waals surface area contributed by atoms with Crippen LogP contribution in [0.3, 0.4) is 0 Å². The number of aromatic nitrogens is 2. The van der Waals surface area contributed by atoms with Gasteiger partial charge in [0.15, 0.2) is 11.6 Å². The molecule has 3 aromatic rings. The van der Waals surface area contributed by atoms with Gasteiger partial charge < -0.3 is 11.5 Å². The largest absolute Gasteiger partial charge is 0.416 e. The van der Waals surface area contributed by atoms with Crippen LogP contribution in [0.5, 0.6) is 0 Å². The minimum absolute atomic E-state index is 0.0481. The highest BCUT2D eigenvalue weighted by Gasteiger charge is 2.30. The van der Waals surface area contributed by atoms with Crippen molar-refractivity contribution < 1.29 is 13.2 Å². The molecule has 0 fully saturated rings. The molecule has 1 heterocycles. The molecule has 0 aliphatic rings. The number of anilines is 2. The molecular weight excluding hydrogens is 293 g/mol. The van der Waals surface area contributed by atoms with Crippen LogP contribution >= 0.6 is 0 Å². The molecule has 0 radical (unpaired) electrons. The summed E-state index contributed by atoms with van der Waals surface area (Å²) in [6.07, 6.45) is -4.41. The predicted molar refractivity (Wildman–Crippen MR) is 78.8 cm³/mol. The number of benzene rings is 2. The van der Waals surface area contributed by atoms with Gasteiger partial charge in [-0.25, -0.2) is 9.97 Å². The lowest BCUT2D eigenvalue weighted by molar-refractivity contribution is -0.137. The van der Waals surface area contributed by atoms with Crippen molar-refractivity contribution in [3.63, 3.8) is 0 Å². The van der Waals surface area contributed by atoms with Crippen LogP contribution in [0.1, 0.15) is 5.56 Å². The van der Waals surface area contributed by atoms with Crippen LogP contribution < -0.4 is 11.5 Å². The van der Waals surface area contributed by atoms with E-state index < -0.39 is 11.7 Å². The second-order valence-electron chi connectivity index (χ2n) is 4.75. The van der Waals surface area contributed by atoms with Gasteiger partial charge in [-0.1, -0.05) is 24.3 Å². The van der Waals surface area contributed by atoms with E-state index in [9.17, 15) is 13.2 Å². The first-order valence-electron chi connectivity index (χ1n) is 6.35. The summed E-state index contributed by atoms with van der Waals surface area (Å²) in [4.78, 5) is 8.25. The van der Waals surface area contributed by atoms with Gasteiger partial charge >= 0.3 is 6.18 Å². The summed E-state index contributed by atoms with van der Waals surface area (Å²) >= 11 is 0. The van der Waals surface area contributed by atoms with Gasteiger partial charge in [0.2, 0.25) is 0 Å². The third kappa shape index (κ3) is 2.41. The van der Waals surface area contributed by atoms with Gasteiger partial charge in [0.1, 0.15) is 0 Å². The maximum atomic E-state index is 12.9. The van der Waals surface area contributed by atoms with E-state index in [4.69, 9.17) is 11.5 Å². The highest BCUT2D eigenvalue weighted by atomic mass is 19.4. The standard InChI is InChI=1S/C15H11F3N4/c16-15(17,18)9-4-1-3-8(7-9)10-5-2-6-11-12(10)22-14(20)13(19)21-11/h1-7H,(H2,19,21)(H2,20,22). The molecule has 4 N–H and O–H groups in total. The summed E-state index contributed by atoms with van der Waals surface area (Å²) in [6, 6.07) is 10.1. The van der Waals surface area contributed by atoms with Gasteiger partial charge in [-0.3, -0.25) is 0 Å². The zero-order valence-electron chi connectivity index (χ0n) is 11.2. The van der Waals surface area contributed by atoms with Crippen molar-refractivity contribution in [1.82, 2.24) is 9.97 Å². The SMILES string of the molecule is Nc1nc2cccc(-c3cccc(C(F)(F)F)c3)c2nc1N. The number of halogens is 3. The van der Waals surface area contributed by atoms with E-state index in [0.717, 1.165) is 12.1 Å². The van der Waals surface area contributed by atoms with Crippen LogP contribution in [0, 0.1) is 0 Å². The molecule has 3 rings (SSSR count). The Morgan fingerprint density at radius 1 is 0.864 bits per heavy atom. The second kappa shape index (κ2) is 4.87. The number of alkyl halides is 3. The van der Waals surface area contributed by atoms with E-state index >= 15 is 0 Å². The number of nitrogen functional groups attached to an aromatic ring is 2. The number of nitrogens with zero attached hydrogens (tertiary/aromatic N) is 2. The average molecular weight is 304 g/mol. The molecule has 4 nitrogen and oxygen atoms in total. The van der Waals surface area contributed by atoms with Gasteiger partial charge in [0, 0.05) is 5.56 Å². The molecule has 1 aromatic heterocycles. The van der Waals surface area contributed by atoms with E-state index in [-0.39, 0.29) is 11.6 Å². The highest BCUT2D eigenvalue weighted by Crippen LogP contribution is 2.34. The lowest BCUT2D eigenvalue weighted by Gasteiger charge is -2.11. The minimum Gasteiger partial charge on any atom is -0.381 e. The Kier molecular flexibility index (Phi) is 3.13. The number of nitrogens with two attached hydrogens (primary N) is 2. The lowest BCUT2D eigenvalue weighted by atomic mass is 10.0. The zero-order chi connectivity index (χ0) is 15.9. The molecule has 0 saturated heterocycles. The number of para-hydroxylation sites is 1. The topological polar surface area (TPSA) is 77.8 Å². The fraction of sp³-hybridized carbons (Fsp3) is 0.0667. The van der Waals surface area contributed by atoms with Crippen molar-refractivity contribution in [1.29, 1.82) is 0 Å². The first-order valence-corrected chi connectivity index (χ1v) is 6.35. The van der Waals surface area contributed by atoms with Crippen LogP contribution in [-0.2, 0) is 6.18 Å². The van der Waals surface area contributed by atoms with E-state index in [0.29, 0.717) is 22.2 Å². The van der Waals surface area contributed by atoms with Gasteiger partial charge in [-0.05, 0) is 23.8 Å². The van der Waals surface area contributed by atoms with E-state index in [2.05, 4.69) is 9.97 Å². The Morgan fingerprint density at radius 3 is 2.27 bits per heavy atom. The number of fused-ring (bicyclic) bond motifs is 1. The molecule has 0 unspecified atom stereocenters. The summed E-state index contributed by atoms with van der Waals surface area (Å²) in [6.45, 7) is 0. The van der Waals surface area contributed by atoms with Crippen LogP contribution in [-0.4, -0.2) is 9.97 Å². The van der Waals surface area contributed by atoms with E-state index in [1.807, 2.05) is 0 Å². The van der Waals surface area contributed by atoms with Crippen molar-refractivity contribution in [3.05, 3.63) is 48.0 Å². The Balaban J connectivity index is 2.25. The normalized spacial score (nSPS) is 11.8. The average Bonchev–Trinajstić information content (AvgIpc) is 2.47.